The molecule has 1 saturated heterocycles. The first-order valence-corrected chi connectivity index (χ1v) is 5.05. The highest BCUT2D eigenvalue weighted by Gasteiger charge is 2.23. The lowest BCUT2D eigenvalue weighted by molar-refractivity contribution is 0.00702. The molecule has 0 amide bonds. The van der Waals surface area contributed by atoms with Crippen LogP contribution in [0.1, 0.15) is 36.8 Å². The molecule has 14 heavy (non-hydrogen) atoms. The lowest BCUT2D eigenvalue weighted by atomic mass is 9.93. The highest BCUT2D eigenvalue weighted by atomic mass is 19.1. The fourth-order valence-corrected chi connectivity index (χ4v) is 1.65. The van der Waals surface area contributed by atoms with E-state index in [4.69, 9.17) is 4.74 Å². The van der Waals surface area contributed by atoms with E-state index in [2.05, 4.69) is 13.8 Å². The summed E-state index contributed by atoms with van der Waals surface area (Å²) in [7, 11) is 0. The van der Waals surface area contributed by atoms with Crippen LogP contribution >= 0.6 is 0 Å². The van der Waals surface area contributed by atoms with Crippen molar-refractivity contribution in [1.29, 1.82) is 0 Å². The van der Waals surface area contributed by atoms with Crippen LogP contribution in [-0.4, -0.2) is 13.2 Å². The summed E-state index contributed by atoms with van der Waals surface area (Å²) in [6.07, 6.45) is 0. The second kappa shape index (κ2) is 3.70. The third-order valence-corrected chi connectivity index (χ3v) is 2.77. The smallest absolute Gasteiger partial charge is 0.127 e. The molecule has 1 heterocycles. The first-order chi connectivity index (χ1) is 6.68. The van der Waals surface area contributed by atoms with Crippen molar-refractivity contribution >= 4 is 0 Å². The maximum atomic E-state index is 13.6. The van der Waals surface area contributed by atoms with Crippen LogP contribution in [0.5, 0.6) is 0 Å². The number of rotatable bonds is 2. The van der Waals surface area contributed by atoms with Crippen molar-refractivity contribution in [2.45, 2.75) is 25.7 Å². The molecular formula is C12H15FO. The van der Waals surface area contributed by atoms with Crippen molar-refractivity contribution in [1.82, 2.24) is 0 Å². The van der Waals surface area contributed by atoms with Crippen LogP contribution < -0.4 is 0 Å². The van der Waals surface area contributed by atoms with Gasteiger partial charge in [0.1, 0.15) is 5.82 Å². The molecule has 0 N–H and O–H groups in total. The van der Waals surface area contributed by atoms with Gasteiger partial charge in [-0.15, -0.1) is 0 Å². The van der Waals surface area contributed by atoms with E-state index in [1.165, 1.54) is 0 Å². The molecule has 0 aromatic heterocycles. The third kappa shape index (κ3) is 1.67. The predicted octanol–water partition coefficient (Wildman–Crippen LogP) is 3.06. The Hall–Kier alpha value is -0.890. The summed E-state index contributed by atoms with van der Waals surface area (Å²) in [5.41, 5.74) is 1.87. The molecule has 0 atom stereocenters. The first kappa shape index (κ1) is 9.66. The van der Waals surface area contributed by atoms with Gasteiger partial charge in [-0.3, -0.25) is 0 Å². The van der Waals surface area contributed by atoms with Crippen molar-refractivity contribution < 1.29 is 9.13 Å². The Kier molecular flexibility index (Phi) is 2.55. The Morgan fingerprint density at radius 1 is 1.36 bits per heavy atom. The minimum atomic E-state index is -0.0792. The summed E-state index contributed by atoms with van der Waals surface area (Å²) in [4.78, 5) is 0. The van der Waals surface area contributed by atoms with E-state index in [0.29, 0.717) is 19.1 Å². The molecular weight excluding hydrogens is 179 g/mol. The molecule has 0 saturated carbocycles. The van der Waals surface area contributed by atoms with Gasteiger partial charge in [0, 0.05) is 5.92 Å². The highest BCUT2D eigenvalue weighted by molar-refractivity contribution is 5.29. The normalized spacial score (nSPS) is 17.1. The van der Waals surface area contributed by atoms with Crippen molar-refractivity contribution in [3.8, 4) is 0 Å². The Morgan fingerprint density at radius 2 is 2.07 bits per heavy atom. The fourth-order valence-electron chi connectivity index (χ4n) is 1.65. The Bertz CT molecular complexity index is 329. The second-order valence-electron chi connectivity index (χ2n) is 4.17. The van der Waals surface area contributed by atoms with E-state index in [0.717, 1.165) is 11.1 Å². The van der Waals surface area contributed by atoms with Gasteiger partial charge in [0.05, 0.1) is 13.2 Å². The Morgan fingerprint density at radius 3 is 2.50 bits per heavy atom. The van der Waals surface area contributed by atoms with E-state index in [1.54, 1.807) is 6.07 Å². The van der Waals surface area contributed by atoms with Crippen LogP contribution in [-0.2, 0) is 4.74 Å². The number of hydrogen-bond acceptors (Lipinski definition) is 1. The molecule has 2 heteroatoms. The largest absolute Gasteiger partial charge is 0.380 e. The molecule has 1 aromatic carbocycles. The summed E-state index contributed by atoms with van der Waals surface area (Å²) < 4.78 is 18.7. The van der Waals surface area contributed by atoms with Gasteiger partial charge in [-0.05, 0) is 23.1 Å². The average Bonchev–Trinajstić information content (AvgIpc) is 2.04. The maximum Gasteiger partial charge on any atom is 0.127 e. The average molecular weight is 194 g/mol. The lowest BCUT2D eigenvalue weighted by Gasteiger charge is -2.27. The zero-order valence-corrected chi connectivity index (χ0v) is 8.59. The Labute approximate surface area is 83.9 Å². The number of ether oxygens (including phenoxy) is 1. The quantitative estimate of drug-likeness (QED) is 0.703. The van der Waals surface area contributed by atoms with Crippen LogP contribution in [0.15, 0.2) is 18.2 Å². The lowest BCUT2D eigenvalue weighted by Crippen LogP contribution is -2.26. The van der Waals surface area contributed by atoms with Crippen LogP contribution in [0.3, 0.4) is 0 Å². The molecule has 1 nitrogen and oxygen atoms in total. The van der Waals surface area contributed by atoms with Gasteiger partial charge in [0.25, 0.3) is 0 Å². The van der Waals surface area contributed by atoms with Crippen molar-refractivity contribution in [2.24, 2.45) is 0 Å². The van der Waals surface area contributed by atoms with Crippen LogP contribution in [0.4, 0.5) is 4.39 Å². The van der Waals surface area contributed by atoms with Gasteiger partial charge in [-0.2, -0.15) is 0 Å². The molecule has 0 bridgehead atoms. The minimum Gasteiger partial charge on any atom is -0.380 e. The molecule has 1 aromatic rings. The number of hydrogen-bond donors (Lipinski definition) is 0. The summed E-state index contributed by atoms with van der Waals surface area (Å²) in [6, 6.07) is 5.57. The molecule has 0 radical (unpaired) electrons. The molecule has 76 valence electrons. The van der Waals surface area contributed by atoms with E-state index >= 15 is 0 Å². The Balaban J connectivity index is 2.26. The van der Waals surface area contributed by atoms with Crippen molar-refractivity contribution in [3.05, 3.63) is 35.1 Å². The van der Waals surface area contributed by atoms with E-state index < -0.39 is 0 Å². The van der Waals surface area contributed by atoms with E-state index in [-0.39, 0.29) is 11.7 Å². The van der Waals surface area contributed by atoms with Gasteiger partial charge >= 0.3 is 0 Å². The summed E-state index contributed by atoms with van der Waals surface area (Å²) in [5, 5.41) is 0. The van der Waals surface area contributed by atoms with Crippen molar-refractivity contribution in [3.63, 3.8) is 0 Å². The molecule has 2 rings (SSSR count). The van der Waals surface area contributed by atoms with Gasteiger partial charge in [0.2, 0.25) is 0 Å². The fraction of sp³-hybridized carbons (Fsp3) is 0.500. The van der Waals surface area contributed by atoms with Crippen LogP contribution in [0, 0.1) is 5.82 Å². The van der Waals surface area contributed by atoms with Crippen LogP contribution in [0.25, 0.3) is 0 Å². The van der Waals surface area contributed by atoms with E-state index in [1.807, 2.05) is 12.1 Å². The summed E-state index contributed by atoms with van der Waals surface area (Å²) >= 11 is 0. The molecule has 1 fully saturated rings. The first-order valence-electron chi connectivity index (χ1n) is 5.05. The van der Waals surface area contributed by atoms with Gasteiger partial charge in [-0.25, -0.2) is 4.39 Å². The zero-order valence-electron chi connectivity index (χ0n) is 8.59. The molecule has 1 aliphatic rings. The van der Waals surface area contributed by atoms with Gasteiger partial charge < -0.3 is 4.74 Å². The van der Waals surface area contributed by atoms with Crippen molar-refractivity contribution in [2.75, 3.05) is 13.2 Å². The van der Waals surface area contributed by atoms with Gasteiger partial charge in [-0.1, -0.05) is 26.0 Å². The van der Waals surface area contributed by atoms with E-state index in [9.17, 15) is 4.39 Å². The molecule has 1 aliphatic heterocycles. The predicted molar refractivity (Wildman–Crippen MR) is 54.0 cm³/mol. The number of benzene rings is 1. The topological polar surface area (TPSA) is 9.23 Å². The molecule has 0 unspecified atom stereocenters. The molecule has 0 spiro atoms. The highest BCUT2D eigenvalue weighted by Crippen LogP contribution is 2.28. The maximum absolute atomic E-state index is 13.6. The zero-order chi connectivity index (χ0) is 10.1. The summed E-state index contributed by atoms with van der Waals surface area (Å²) in [6.45, 7) is 5.47. The third-order valence-electron chi connectivity index (χ3n) is 2.77. The minimum absolute atomic E-state index is 0.0792. The van der Waals surface area contributed by atoms with Gasteiger partial charge in [0.15, 0.2) is 0 Å². The SMILES string of the molecule is CC(C)c1ccc(C2COC2)c(F)c1. The standard InChI is InChI=1S/C12H15FO/c1-8(2)9-3-4-11(12(13)5-9)10-6-14-7-10/h3-5,8,10H,6-7H2,1-2H3. The molecule has 0 aliphatic carbocycles. The second-order valence-corrected chi connectivity index (χ2v) is 4.17. The monoisotopic (exact) mass is 194 g/mol. The summed E-state index contributed by atoms with van der Waals surface area (Å²) in [5.74, 6) is 0.580. The van der Waals surface area contributed by atoms with Crippen LogP contribution in [0.2, 0.25) is 0 Å². The number of halogens is 1.